The minimum absolute atomic E-state index is 0.450. The molecule has 1 rings (SSSR count). The van der Waals surface area contributed by atoms with E-state index in [1.54, 1.807) is 24.2 Å². The Labute approximate surface area is 76.2 Å². The molecule has 0 aliphatic heterocycles. The van der Waals surface area contributed by atoms with Crippen LogP contribution in [0, 0.1) is 0 Å². The van der Waals surface area contributed by atoms with Crippen molar-refractivity contribution < 1.29 is 0 Å². The molecule has 0 radical (unpaired) electrons. The number of hydrogen-bond acceptors (Lipinski definition) is 2. The van der Waals surface area contributed by atoms with Gasteiger partial charge in [-0.25, -0.2) is 0 Å². The van der Waals surface area contributed by atoms with Crippen molar-refractivity contribution in [1.29, 1.82) is 0 Å². The molecule has 0 bridgehead atoms. The van der Waals surface area contributed by atoms with Gasteiger partial charge in [0, 0.05) is 17.6 Å². The molecule has 60 valence electrons. The molecule has 1 unspecified atom stereocenters. The Kier molecular flexibility index (Phi) is 3.21. The molecule has 11 heavy (non-hydrogen) atoms. The second-order valence-electron chi connectivity index (χ2n) is 2.28. The molecule has 0 spiro atoms. The van der Waals surface area contributed by atoms with Crippen molar-refractivity contribution in [2.24, 2.45) is 0 Å². The van der Waals surface area contributed by atoms with Gasteiger partial charge in [0.25, 0.3) is 0 Å². The number of pyridine rings is 1. The molecule has 1 aromatic rings. The fraction of sp³-hybridized carbons (Fsp3) is 0.375. The van der Waals surface area contributed by atoms with Gasteiger partial charge in [-0.3, -0.25) is 4.98 Å². The van der Waals surface area contributed by atoms with Gasteiger partial charge in [-0.1, -0.05) is 11.6 Å². The van der Waals surface area contributed by atoms with E-state index in [2.05, 4.69) is 18.2 Å². The summed E-state index contributed by atoms with van der Waals surface area (Å²) in [7, 11) is 0. The van der Waals surface area contributed by atoms with E-state index in [9.17, 15) is 0 Å². The van der Waals surface area contributed by atoms with Gasteiger partial charge in [-0.2, -0.15) is 11.8 Å². The molecule has 0 aliphatic carbocycles. The molecule has 1 nitrogen and oxygen atoms in total. The summed E-state index contributed by atoms with van der Waals surface area (Å²) in [4.78, 5) is 3.92. The number of aromatic nitrogens is 1. The van der Waals surface area contributed by atoms with E-state index in [-0.39, 0.29) is 0 Å². The van der Waals surface area contributed by atoms with E-state index in [0.29, 0.717) is 5.25 Å². The maximum atomic E-state index is 5.92. The van der Waals surface area contributed by atoms with Gasteiger partial charge >= 0.3 is 0 Å². The zero-order valence-corrected chi connectivity index (χ0v) is 8.12. The summed E-state index contributed by atoms with van der Waals surface area (Å²) in [5.74, 6) is 0. The fourth-order valence-corrected chi connectivity index (χ4v) is 1.65. The first-order valence-corrected chi connectivity index (χ1v) is 5.04. The third kappa shape index (κ3) is 2.11. The SMILES string of the molecule is CSC(C)c1ccncc1Cl. The van der Waals surface area contributed by atoms with Gasteiger partial charge in [0.15, 0.2) is 0 Å². The topological polar surface area (TPSA) is 12.9 Å². The molecule has 3 heteroatoms. The second-order valence-corrected chi connectivity index (χ2v) is 3.86. The predicted molar refractivity (Wildman–Crippen MR) is 51.2 cm³/mol. The highest BCUT2D eigenvalue weighted by atomic mass is 35.5. The highest BCUT2D eigenvalue weighted by Gasteiger charge is 2.06. The summed E-state index contributed by atoms with van der Waals surface area (Å²) in [5, 5.41) is 1.21. The lowest BCUT2D eigenvalue weighted by molar-refractivity contribution is 1.09. The molecule has 0 amide bonds. The Morgan fingerprint density at radius 2 is 2.36 bits per heavy atom. The molecule has 0 aliphatic rings. The minimum atomic E-state index is 0.450. The number of halogens is 1. The zero-order chi connectivity index (χ0) is 8.27. The quantitative estimate of drug-likeness (QED) is 0.706. The third-order valence-electron chi connectivity index (χ3n) is 1.60. The third-order valence-corrected chi connectivity index (χ3v) is 2.87. The number of thioether (sulfide) groups is 1. The van der Waals surface area contributed by atoms with Gasteiger partial charge in [0.2, 0.25) is 0 Å². The second kappa shape index (κ2) is 3.98. The maximum absolute atomic E-state index is 5.92. The summed E-state index contributed by atoms with van der Waals surface area (Å²) < 4.78 is 0. The van der Waals surface area contributed by atoms with Gasteiger partial charge in [0.05, 0.1) is 5.02 Å². The van der Waals surface area contributed by atoms with Crippen LogP contribution in [0.2, 0.25) is 5.02 Å². The van der Waals surface area contributed by atoms with Crippen LogP contribution in [-0.4, -0.2) is 11.2 Å². The Morgan fingerprint density at radius 3 is 2.91 bits per heavy atom. The van der Waals surface area contributed by atoms with Crippen LogP contribution < -0.4 is 0 Å². The average Bonchev–Trinajstić information content (AvgIpc) is 2.04. The Bertz CT molecular complexity index is 239. The van der Waals surface area contributed by atoms with Crippen LogP contribution in [0.25, 0.3) is 0 Å². The van der Waals surface area contributed by atoms with Crippen molar-refractivity contribution in [2.75, 3.05) is 6.26 Å². The molecule has 1 atom stereocenters. The molecule has 0 fully saturated rings. The van der Waals surface area contributed by atoms with Crippen molar-refractivity contribution in [1.82, 2.24) is 4.98 Å². The van der Waals surface area contributed by atoms with Crippen LogP contribution in [0.5, 0.6) is 0 Å². The summed E-state index contributed by atoms with van der Waals surface area (Å²) >= 11 is 7.70. The van der Waals surface area contributed by atoms with E-state index < -0.39 is 0 Å². The molecule has 0 N–H and O–H groups in total. The Morgan fingerprint density at radius 1 is 1.64 bits per heavy atom. The smallest absolute Gasteiger partial charge is 0.0632 e. The molecular weight excluding hydrogens is 178 g/mol. The molecule has 0 saturated carbocycles. The lowest BCUT2D eigenvalue weighted by atomic mass is 10.2. The Hall–Kier alpha value is -0.210. The van der Waals surface area contributed by atoms with Gasteiger partial charge in [0.1, 0.15) is 0 Å². The summed E-state index contributed by atoms with van der Waals surface area (Å²) in [6.07, 6.45) is 5.53. The first kappa shape index (κ1) is 8.88. The molecule has 0 saturated heterocycles. The van der Waals surface area contributed by atoms with Crippen LogP contribution in [0.4, 0.5) is 0 Å². The van der Waals surface area contributed by atoms with Crippen molar-refractivity contribution >= 4 is 23.4 Å². The number of hydrogen-bond donors (Lipinski definition) is 0. The van der Waals surface area contributed by atoms with Crippen LogP contribution in [0.3, 0.4) is 0 Å². The molecule has 1 heterocycles. The summed E-state index contributed by atoms with van der Waals surface area (Å²) in [5.41, 5.74) is 1.16. The summed E-state index contributed by atoms with van der Waals surface area (Å²) in [6.45, 7) is 2.13. The van der Waals surface area contributed by atoms with Crippen LogP contribution in [0.15, 0.2) is 18.5 Å². The van der Waals surface area contributed by atoms with E-state index >= 15 is 0 Å². The molecular formula is C8H10ClNS. The van der Waals surface area contributed by atoms with Crippen LogP contribution >= 0.6 is 23.4 Å². The maximum Gasteiger partial charge on any atom is 0.0632 e. The number of rotatable bonds is 2. The average molecular weight is 188 g/mol. The van der Waals surface area contributed by atoms with E-state index in [4.69, 9.17) is 11.6 Å². The summed E-state index contributed by atoms with van der Waals surface area (Å²) in [6, 6.07) is 1.96. The van der Waals surface area contributed by atoms with E-state index in [1.807, 2.05) is 6.07 Å². The van der Waals surface area contributed by atoms with Crippen LogP contribution in [-0.2, 0) is 0 Å². The minimum Gasteiger partial charge on any atom is -0.263 e. The lowest BCUT2D eigenvalue weighted by Gasteiger charge is -2.08. The van der Waals surface area contributed by atoms with Crippen molar-refractivity contribution in [3.8, 4) is 0 Å². The number of nitrogens with zero attached hydrogens (tertiary/aromatic N) is 1. The molecule has 0 aromatic carbocycles. The van der Waals surface area contributed by atoms with E-state index in [0.717, 1.165) is 10.6 Å². The fourth-order valence-electron chi connectivity index (χ4n) is 0.843. The van der Waals surface area contributed by atoms with Gasteiger partial charge in [-0.05, 0) is 24.8 Å². The lowest BCUT2D eigenvalue weighted by Crippen LogP contribution is -1.88. The highest BCUT2D eigenvalue weighted by Crippen LogP contribution is 2.30. The predicted octanol–water partition coefficient (Wildman–Crippen LogP) is 3.16. The van der Waals surface area contributed by atoms with Crippen molar-refractivity contribution in [3.05, 3.63) is 29.0 Å². The van der Waals surface area contributed by atoms with Crippen LogP contribution in [0.1, 0.15) is 17.7 Å². The van der Waals surface area contributed by atoms with Crippen molar-refractivity contribution in [3.63, 3.8) is 0 Å². The van der Waals surface area contributed by atoms with Crippen molar-refractivity contribution in [2.45, 2.75) is 12.2 Å². The normalized spacial score (nSPS) is 13.0. The van der Waals surface area contributed by atoms with Gasteiger partial charge in [-0.15, -0.1) is 0 Å². The van der Waals surface area contributed by atoms with Gasteiger partial charge < -0.3 is 0 Å². The first-order valence-electron chi connectivity index (χ1n) is 3.38. The Balaban J connectivity index is 2.93. The first-order chi connectivity index (χ1) is 5.25. The largest absolute Gasteiger partial charge is 0.263 e. The highest BCUT2D eigenvalue weighted by molar-refractivity contribution is 7.98. The van der Waals surface area contributed by atoms with E-state index in [1.165, 1.54) is 0 Å². The standard InChI is InChI=1S/C8H10ClNS/c1-6(11-2)7-3-4-10-5-8(7)9/h3-6H,1-2H3. The molecule has 1 aromatic heterocycles. The zero-order valence-electron chi connectivity index (χ0n) is 6.54. The monoisotopic (exact) mass is 187 g/mol.